The van der Waals surface area contributed by atoms with Gasteiger partial charge >= 0.3 is 0 Å². The molecule has 0 unspecified atom stereocenters. The highest BCUT2D eigenvalue weighted by Crippen LogP contribution is 2.49. The molecule has 0 N–H and O–H groups in total. The van der Waals surface area contributed by atoms with Crippen LogP contribution in [0.4, 0.5) is 0 Å². The van der Waals surface area contributed by atoms with Crippen LogP contribution in [-0.4, -0.2) is 11.5 Å². The van der Waals surface area contributed by atoms with Crippen LogP contribution in [0.5, 0.6) is 0 Å². The van der Waals surface area contributed by atoms with Gasteiger partial charge in [-0.3, -0.25) is 0 Å². The molecule has 170 valence electrons. The summed E-state index contributed by atoms with van der Waals surface area (Å²) in [5, 5.41) is 0. The van der Waals surface area contributed by atoms with E-state index in [2.05, 4.69) is 57.8 Å². The molecule has 2 rings (SSSR count). The molecule has 6 heteroatoms. The summed E-state index contributed by atoms with van der Waals surface area (Å²) in [6, 6.07) is 4.66. The SMILES string of the molecule is CCCCCCCCSc1cc(Br)sc1-c1sc(Br)cc1SCCCCCCCC. The van der Waals surface area contributed by atoms with Crippen LogP contribution >= 0.6 is 78.1 Å². The van der Waals surface area contributed by atoms with E-state index in [1.54, 1.807) is 0 Å². The highest BCUT2D eigenvalue weighted by atomic mass is 79.9. The lowest BCUT2D eigenvalue weighted by Crippen LogP contribution is -1.84. The summed E-state index contributed by atoms with van der Waals surface area (Å²) >= 11 is 15.4. The molecule has 0 spiro atoms. The summed E-state index contributed by atoms with van der Waals surface area (Å²) in [6.07, 6.45) is 16.4. The van der Waals surface area contributed by atoms with E-state index in [1.165, 1.54) is 116 Å². The van der Waals surface area contributed by atoms with Crippen molar-refractivity contribution in [1.82, 2.24) is 0 Å². The van der Waals surface area contributed by atoms with Gasteiger partial charge in [0.1, 0.15) is 0 Å². The Balaban J connectivity index is 1.87. The largest absolute Gasteiger partial charge is 0.126 e. The summed E-state index contributed by atoms with van der Waals surface area (Å²) < 4.78 is 2.50. The Morgan fingerprint density at radius 1 is 0.600 bits per heavy atom. The normalized spacial score (nSPS) is 11.5. The van der Waals surface area contributed by atoms with Crippen molar-refractivity contribution in [3.05, 3.63) is 19.7 Å². The Kier molecular flexibility index (Phi) is 15.1. The summed E-state index contributed by atoms with van der Waals surface area (Å²) in [4.78, 5) is 5.82. The molecule has 0 fully saturated rings. The van der Waals surface area contributed by atoms with E-state index < -0.39 is 0 Å². The molecule has 0 nitrogen and oxygen atoms in total. The second kappa shape index (κ2) is 16.6. The number of unbranched alkanes of at least 4 members (excludes halogenated alkanes) is 10. The van der Waals surface area contributed by atoms with Gasteiger partial charge < -0.3 is 0 Å². The molecule has 0 aliphatic heterocycles. The summed E-state index contributed by atoms with van der Waals surface area (Å²) in [5.41, 5.74) is 0. The molecular weight excluding hydrogens is 576 g/mol. The molecule has 0 aliphatic rings. The molecule has 0 bridgehead atoms. The molecular formula is C24H36Br2S4. The van der Waals surface area contributed by atoms with Gasteiger partial charge in [-0.2, -0.15) is 0 Å². The van der Waals surface area contributed by atoms with E-state index in [1.807, 2.05) is 46.2 Å². The smallest absolute Gasteiger partial charge is 0.0716 e. The second-order valence-corrected chi connectivity index (χ2v) is 14.9. The van der Waals surface area contributed by atoms with Crippen molar-refractivity contribution < 1.29 is 0 Å². The van der Waals surface area contributed by atoms with E-state index in [-0.39, 0.29) is 0 Å². The minimum absolute atomic E-state index is 1.23. The Morgan fingerprint density at radius 2 is 0.967 bits per heavy atom. The fourth-order valence-electron chi connectivity index (χ4n) is 3.35. The van der Waals surface area contributed by atoms with Crippen LogP contribution in [0.3, 0.4) is 0 Å². The zero-order valence-corrected chi connectivity index (χ0v) is 24.9. The van der Waals surface area contributed by atoms with E-state index in [0.29, 0.717) is 0 Å². The Labute approximate surface area is 218 Å². The summed E-state index contributed by atoms with van der Waals surface area (Å²) in [7, 11) is 0. The van der Waals surface area contributed by atoms with Gasteiger partial charge in [0.15, 0.2) is 0 Å². The van der Waals surface area contributed by atoms with Gasteiger partial charge in [0.05, 0.1) is 17.3 Å². The maximum atomic E-state index is 3.75. The molecule has 0 saturated carbocycles. The second-order valence-electron chi connectivity index (χ2n) is 7.72. The van der Waals surface area contributed by atoms with Gasteiger partial charge in [0, 0.05) is 9.79 Å². The molecule has 0 atom stereocenters. The maximum Gasteiger partial charge on any atom is 0.0716 e. The predicted octanol–water partition coefficient (Wildman–Crippen LogP) is 11.9. The van der Waals surface area contributed by atoms with Crippen molar-refractivity contribution in [3.63, 3.8) is 0 Å². The maximum absolute atomic E-state index is 3.75. The fourth-order valence-corrected chi connectivity index (χ4v) is 9.69. The van der Waals surface area contributed by atoms with Crippen LogP contribution in [0.15, 0.2) is 29.5 Å². The molecule has 30 heavy (non-hydrogen) atoms. The third-order valence-corrected chi connectivity index (χ3v) is 11.0. The number of hydrogen-bond acceptors (Lipinski definition) is 4. The average Bonchev–Trinajstić information content (AvgIpc) is 3.28. The van der Waals surface area contributed by atoms with Gasteiger partial charge in [0.2, 0.25) is 0 Å². The quantitative estimate of drug-likeness (QED) is 0.129. The first-order chi connectivity index (χ1) is 14.7. The van der Waals surface area contributed by atoms with Crippen molar-refractivity contribution in [2.75, 3.05) is 11.5 Å². The molecule has 0 saturated heterocycles. The Morgan fingerprint density at radius 3 is 1.37 bits per heavy atom. The van der Waals surface area contributed by atoms with Gasteiger partial charge in [-0.15, -0.1) is 46.2 Å². The zero-order valence-electron chi connectivity index (χ0n) is 18.4. The monoisotopic (exact) mass is 610 g/mol. The van der Waals surface area contributed by atoms with E-state index in [9.17, 15) is 0 Å². The molecule has 2 aromatic rings. The lowest BCUT2D eigenvalue weighted by Gasteiger charge is -2.06. The van der Waals surface area contributed by atoms with Crippen molar-refractivity contribution in [3.8, 4) is 9.75 Å². The molecule has 0 aromatic carbocycles. The molecule has 2 heterocycles. The van der Waals surface area contributed by atoms with Crippen molar-refractivity contribution >= 4 is 78.1 Å². The first-order valence-corrected chi connectivity index (χ1v) is 16.7. The van der Waals surface area contributed by atoms with Gasteiger partial charge in [-0.1, -0.05) is 78.1 Å². The highest BCUT2D eigenvalue weighted by Gasteiger charge is 2.17. The summed E-state index contributed by atoms with van der Waals surface area (Å²) in [6.45, 7) is 4.57. The predicted molar refractivity (Wildman–Crippen MR) is 151 cm³/mol. The van der Waals surface area contributed by atoms with Crippen LogP contribution in [0, 0.1) is 0 Å². The lowest BCUT2D eigenvalue weighted by atomic mass is 10.1. The van der Waals surface area contributed by atoms with Gasteiger partial charge in [-0.25, -0.2) is 0 Å². The van der Waals surface area contributed by atoms with Crippen molar-refractivity contribution in [2.45, 2.75) is 101 Å². The van der Waals surface area contributed by atoms with Gasteiger partial charge in [-0.05, 0) is 68.3 Å². The lowest BCUT2D eigenvalue weighted by molar-refractivity contribution is 0.627. The minimum atomic E-state index is 1.23. The van der Waals surface area contributed by atoms with Crippen molar-refractivity contribution in [1.29, 1.82) is 0 Å². The highest BCUT2D eigenvalue weighted by molar-refractivity contribution is 9.11. The number of rotatable bonds is 17. The Hall–Kier alpha value is 1.06. The average molecular weight is 613 g/mol. The molecule has 0 aliphatic carbocycles. The topological polar surface area (TPSA) is 0 Å². The van der Waals surface area contributed by atoms with E-state index in [0.717, 1.165) is 0 Å². The molecule has 2 aromatic heterocycles. The number of hydrogen-bond donors (Lipinski definition) is 0. The number of thioether (sulfide) groups is 2. The third-order valence-electron chi connectivity index (χ3n) is 5.05. The van der Waals surface area contributed by atoms with Crippen LogP contribution in [0.2, 0.25) is 0 Å². The van der Waals surface area contributed by atoms with Crippen LogP contribution < -0.4 is 0 Å². The third kappa shape index (κ3) is 10.3. The minimum Gasteiger partial charge on any atom is -0.126 e. The first-order valence-electron chi connectivity index (χ1n) is 11.5. The molecule has 0 radical (unpaired) electrons. The van der Waals surface area contributed by atoms with Crippen LogP contribution in [0.1, 0.15) is 90.9 Å². The van der Waals surface area contributed by atoms with E-state index >= 15 is 0 Å². The number of thiophene rings is 2. The van der Waals surface area contributed by atoms with Crippen LogP contribution in [0.25, 0.3) is 9.75 Å². The van der Waals surface area contributed by atoms with Crippen LogP contribution in [-0.2, 0) is 0 Å². The number of halogens is 2. The standard InChI is InChI=1S/C24H36Br2S4/c1-3-5-7-9-11-13-15-27-19-17-21(25)29-23(19)24-20(18-22(26)30-24)28-16-14-12-10-8-6-4-2/h17-18H,3-16H2,1-2H3. The van der Waals surface area contributed by atoms with Gasteiger partial charge in [0.25, 0.3) is 0 Å². The molecule has 0 amide bonds. The zero-order chi connectivity index (χ0) is 21.6. The van der Waals surface area contributed by atoms with E-state index in [4.69, 9.17) is 0 Å². The fraction of sp³-hybridized carbons (Fsp3) is 0.667. The Bertz CT molecular complexity index is 648. The summed E-state index contributed by atoms with van der Waals surface area (Å²) in [5.74, 6) is 2.46. The first kappa shape index (κ1) is 27.3. The van der Waals surface area contributed by atoms with Crippen molar-refractivity contribution in [2.24, 2.45) is 0 Å².